The SMILES string of the molecule is CON=C(C1=NOCCO1)c1ccccc1COc1ccccc1C. The van der Waals surface area contributed by atoms with Crippen LogP contribution in [0.1, 0.15) is 16.7 Å². The van der Waals surface area contributed by atoms with Crippen molar-refractivity contribution in [2.75, 3.05) is 20.3 Å². The fourth-order valence-corrected chi connectivity index (χ4v) is 2.46. The van der Waals surface area contributed by atoms with Crippen LogP contribution < -0.4 is 4.74 Å². The first kappa shape index (κ1) is 16.8. The van der Waals surface area contributed by atoms with Gasteiger partial charge >= 0.3 is 0 Å². The van der Waals surface area contributed by atoms with Gasteiger partial charge in [0.05, 0.1) is 0 Å². The van der Waals surface area contributed by atoms with Gasteiger partial charge in [-0.15, -0.1) is 0 Å². The van der Waals surface area contributed by atoms with Crippen molar-refractivity contribution in [3.8, 4) is 5.75 Å². The highest BCUT2D eigenvalue weighted by molar-refractivity contribution is 6.45. The number of hydrogen-bond acceptors (Lipinski definition) is 6. The van der Waals surface area contributed by atoms with E-state index in [1.165, 1.54) is 7.11 Å². The van der Waals surface area contributed by atoms with Gasteiger partial charge in [-0.2, -0.15) is 0 Å². The minimum Gasteiger partial charge on any atom is -0.489 e. The van der Waals surface area contributed by atoms with E-state index in [0.717, 1.165) is 22.4 Å². The molecule has 0 atom stereocenters. The van der Waals surface area contributed by atoms with Gasteiger partial charge in [0.25, 0.3) is 5.90 Å². The van der Waals surface area contributed by atoms with E-state index in [-0.39, 0.29) is 0 Å². The predicted octanol–water partition coefficient (Wildman–Crippen LogP) is 3.28. The van der Waals surface area contributed by atoms with Gasteiger partial charge in [-0.25, -0.2) is 0 Å². The minimum atomic E-state index is 0.302. The summed E-state index contributed by atoms with van der Waals surface area (Å²) in [6, 6.07) is 15.7. The number of para-hydroxylation sites is 1. The zero-order chi connectivity index (χ0) is 17.5. The molecule has 0 radical (unpaired) electrons. The Balaban J connectivity index is 1.87. The molecule has 1 aliphatic heterocycles. The summed E-state index contributed by atoms with van der Waals surface area (Å²) < 4.78 is 11.5. The number of nitrogens with zero attached hydrogens (tertiary/aromatic N) is 2. The highest BCUT2D eigenvalue weighted by Gasteiger charge is 2.21. The fraction of sp³-hybridized carbons (Fsp3) is 0.263. The highest BCUT2D eigenvalue weighted by Crippen LogP contribution is 2.20. The largest absolute Gasteiger partial charge is 0.489 e. The van der Waals surface area contributed by atoms with E-state index < -0.39 is 0 Å². The smallest absolute Gasteiger partial charge is 0.280 e. The zero-order valence-electron chi connectivity index (χ0n) is 14.3. The molecule has 25 heavy (non-hydrogen) atoms. The molecule has 0 aliphatic carbocycles. The molecule has 2 aromatic rings. The summed E-state index contributed by atoms with van der Waals surface area (Å²) in [6.45, 7) is 3.24. The average molecular weight is 340 g/mol. The van der Waals surface area contributed by atoms with Crippen molar-refractivity contribution in [1.29, 1.82) is 0 Å². The van der Waals surface area contributed by atoms with Gasteiger partial charge in [0.1, 0.15) is 26.1 Å². The Morgan fingerprint density at radius 3 is 2.68 bits per heavy atom. The van der Waals surface area contributed by atoms with E-state index in [1.807, 2.05) is 55.5 Å². The van der Waals surface area contributed by atoms with E-state index in [1.54, 1.807) is 0 Å². The van der Waals surface area contributed by atoms with Crippen LogP contribution in [0.25, 0.3) is 0 Å². The van der Waals surface area contributed by atoms with Crippen LogP contribution in [-0.2, 0) is 21.0 Å². The molecule has 0 unspecified atom stereocenters. The summed E-state index contributed by atoms with van der Waals surface area (Å²) in [6.07, 6.45) is 0. The number of oxime groups is 2. The summed E-state index contributed by atoms with van der Waals surface area (Å²) in [4.78, 5) is 10.1. The molecule has 6 nitrogen and oxygen atoms in total. The lowest BCUT2D eigenvalue weighted by Gasteiger charge is -2.17. The van der Waals surface area contributed by atoms with Crippen LogP contribution in [0.15, 0.2) is 58.8 Å². The third-order valence-electron chi connectivity index (χ3n) is 3.70. The van der Waals surface area contributed by atoms with E-state index >= 15 is 0 Å². The van der Waals surface area contributed by atoms with Crippen LogP contribution in [0.4, 0.5) is 0 Å². The Morgan fingerprint density at radius 1 is 1.12 bits per heavy atom. The number of rotatable bonds is 6. The third-order valence-corrected chi connectivity index (χ3v) is 3.70. The first-order valence-corrected chi connectivity index (χ1v) is 8.00. The summed E-state index contributed by atoms with van der Waals surface area (Å²) >= 11 is 0. The van der Waals surface area contributed by atoms with E-state index in [2.05, 4.69) is 10.3 Å². The maximum absolute atomic E-state index is 5.97. The van der Waals surface area contributed by atoms with Crippen LogP contribution >= 0.6 is 0 Å². The fourth-order valence-electron chi connectivity index (χ4n) is 2.46. The molecule has 0 saturated heterocycles. The second-order valence-corrected chi connectivity index (χ2v) is 5.41. The van der Waals surface area contributed by atoms with E-state index in [4.69, 9.17) is 19.1 Å². The molecule has 0 fully saturated rings. The monoisotopic (exact) mass is 340 g/mol. The molecule has 130 valence electrons. The number of benzene rings is 2. The molecule has 1 aliphatic rings. The van der Waals surface area contributed by atoms with Gasteiger partial charge in [0.15, 0.2) is 12.3 Å². The normalized spacial score (nSPS) is 14.2. The van der Waals surface area contributed by atoms with Gasteiger partial charge < -0.3 is 19.1 Å². The molecular formula is C19H20N2O4. The number of hydrogen-bond donors (Lipinski definition) is 0. The summed E-state index contributed by atoms with van der Waals surface area (Å²) in [5, 5.41) is 8.02. The lowest BCUT2D eigenvalue weighted by Crippen LogP contribution is -2.26. The minimum absolute atomic E-state index is 0.302. The van der Waals surface area contributed by atoms with Crippen LogP contribution in [0.5, 0.6) is 5.75 Å². The molecule has 3 rings (SSSR count). The molecule has 0 saturated carbocycles. The third kappa shape index (κ3) is 4.09. The van der Waals surface area contributed by atoms with Crippen molar-refractivity contribution in [2.24, 2.45) is 10.3 Å². The topological polar surface area (TPSA) is 61.6 Å². The molecule has 1 heterocycles. The molecule has 0 aromatic heterocycles. The van der Waals surface area contributed by atoms with Crippen LogP contribution in [0.2, 0.25) is 0 Å². The van der Waals surface area contributed by atoms with Gasteiger partial charge in [-0.3, -0.25) is 0 Å². The highest BCUT2D eigenvalue weighted by atomic mass is 16.7. The Kier molecular flexibility index (Phi) is 5.51. The standard InChI is InChI=1S/C19H20N2O4/c1-14-7-3-6-10-17(14)24-13-15-8-4-5-9-16(15)18(20-22-2)19-21-25-12-11-23-19/h3-10H,11-13H2,1-2H3. The lowest BCUT2D eigenvalue weighted by molar-refractivity contribution is 0.0672. The van der Waals surface area contributed by atoms with Crippen LogP contribution in [0, 0.1) is 6.92 Å². The van der Waals surface area contributed by atoms with Crippen LogP contribution in [0.3, 0.4) is 0 Å². The Bertz CT molecular complexity index is 786. The second kappa shape index (κ2) is 8.19. The Morgan fingerprint density at radius 2 is 1.92 bits per heavy atom. The van der Waals surface area contributed by atoms with Crippen molar-refractivity contribution in [3.05, 3.63) is 65.2 Å². The van der Waals surface area contributed by atoms with Crippen molar-refractivity contribution in [3.63, 3.8) is 0 Å². The quantitative estimate of drug-likeness (QED) is 0.598. The van der Waals surface area contributed by atoms with E-state index in [0.29, 0.717) is 31.4 Å². The average Bonchev–Trinajstić information content (AvgIpc) is 2.66. The molecular weight excluding hydrogens is 320 g/mol. The molecule has 6 heteroatoms. The molecule has 0 amide bonds. The molecule has 2 aromatic carbocycles. The van der Waals surface area contributed by atoms with Gasteiger partial charge in [0, 0.05) is 5.56 Å². The Labute approximate surface area is 146 Å². The Hall–Kier alpha value is -3.02. The predicted molar refractivity (Wildman–Crippen MR) is 94.8 cm³/mol. The summed E-state index contributed by atoms with van der Waals surface area (Å²) in [5.41, 5.74) is 3.32. The molecule has 0 spiro atoms. The first-order valence-electron chi connectivity index (χ1n) is 8.00. The van der Waals surface area contributed by atoms with Gasteiger partial charge in [-0.05, 0) is 29.3 Å². The van der Waals surface area contributed by atoms with Crippen molar-refractivity contribution in [1.82, 2.24) is 0 Å². The first-order chi connectivity index (χ1) is 12.3. The lowest BCUT2D eigenvalue weighted by atomic mass is 10.0. The zero-order valence-corrected chi connectivity index (χ0v) is 14.3. The molecule has 0 N–H and O–H groups in total. The summed E-state index contributed by atoms with van der Waals surface area (Å²) in [5.74, 6) is 1.15. The van der Waals surface area contributed by atoms with E-state index in [9.17, 15) is 0 Å². The maximum Gasteiger partial charge on any atom is 0.280 e. The maximum atomic E-state index is 5.97. The summed E-state index contributed by atoms with van der Waals surface area (Å²) in [7, 11) is 1.48. The molecule has 0 bridgehead atoms. The second-order valence-electron chi connectivity index (χ2n) is 5.41. The van der Waals surface area contributed by atoms with Crippen molar-refractivity contribution in [2.45, 2.75) is 13.5 Å². The number of aryl methyl sites for hydroxylation is 1. The van der Waals surface area contributed by atoms with Gasteiger partial charge in [-0.1, -0.05) is 47.6 Å². The van der Waals surface area contributed by atoms with Gasteiger partial charge in [0.2, 0.25) is 0 Å². The number of ether oxygens (including phenoxy) is 2. The van der Waals surface area contributed by atoms with Crippen molar-refractivity contribution >= 4 is 11.6 Å². The van der Waals surface area contributed by atoms with Crippen molar-refractivity contribution < 1.29 is 19.1 Å². The van der Waals surface area contributed by atoms with Crippen LogP contribution in [-0.4, -0.2) is 31.9 Å².